The van der Waals surface area contributed by atoms with Crippen molar-refractivity contribution in [1.29, 1.82) is 0 Å². The molecular weight excluding hydrogens is 305 g/mol. The molecule has 3 aromatic rings. The lowest BCUT2D eigenvalue weighted by Crippen LogP contribution is -1.99. The molecule has 9 heteroatoms. The number of imidazole rings is 1. The zero-order valence-corrected chi connectivity index (χ0v) is 11.4. The number of fused-ring (bicyclic) bond motifs is 1. The lowest BCUT2D eigenvalue weighted by atomic mass is 10.5. The molecule has 7 nitrogen and oxygen atoms in total. The molecule has 3 aromatic heterocycles. The Bertz CT molecular complexity index is 810. The second-order valence-corrected chi connectivity index (χ2v) is 4.97. The molecule has 0 unspecified atom stereocenters. The van der Waals surface area contributed by atoms with Crippen molar-refractivity contribution in [3.05, 3.63) is 56.7 Å². The molecule has 20 heavy (non-hydrogen) atoms. The van der Waals surface area contributed by atoms with E-state index >= 15 is 0 Å². The summed E-state index contributed by atoms with van der Waals surface area (Å²) in [5.74, 6) is 0. The standard InChI is InChI=1S/C11H7Cl2N5O2/c12-7-1-10(13)11-15-8(4-16(11)3-7)5-17-6-9(2-14-17)18(19)20/h1-4,6H,5H2. The molecule has 0 aliphatic carbocycles. The molecular formula is C11H7Cl2N5O2. The van der Waals surface area contributed by atoms with E-state index in [0.717, 1.165) is 0 Å². The number of aromatic nitrogens is 4. The first-order valence-electron chi connectivity index (χ1n) is 5.52. The smallest absolute Gasteiger partial charge is 0.304 e. The molecule has 0 fully saturated rings. The molecule has 0 atom stereocenters. The molecule has 3 rings (SSSR count). The van der Waals surface area contributed by atoms with E-state index in [4.69, 9.17) is 23.2 Å². The highest BCUT2D eigenvalue weighted by Crippen LogP contribution is 2.22. The molecule has 0 aliphatic heterocycles. The van der Waals surface area contributed by atoms with Crippen LogP contribution in [0, 0.1) is 10.1 Å². The second kappa shape index (κ2) is 4.77. The number of hydrogen-bond acceptors (Lipinski definition) is 4. The SMILES string of the molecule is O=[N+]([O-])c1cnn(Cc2cn3cc(Cl)cc(Cl)c3n2)c1. The van der Waals surface area contributed by atoms with Gasteiger partial charge in [0.05, 0.1) is 27.2 Å². The van der Waals surface area contributed by atoms with Crippen LogP contribution in [0.5, 0.6) is 0 Å². The molecule has 102 valence electrons. The van der Waals surface area contributed by atoms with Gasteiger partial charge in [-0.2, -0.15) is 5.10 Å². The molecule has 0 bridgehead atoms. The molecule has 0 amide bonds. The summed E-state index contributed by atoms with van der Waals surface area (Å²) in [5, 5.41) is 15.4. The third-order valence-electron chi connectivity index (χ3n) is 2.68. The van der Waals surface area contributed by atoms with Gasteiger partial charge in [-0.25, -0.2) is 4.98 Å². The zero-order valence-electron chi connectivity index (χ0n) is 9.90. The van der Waals surface area contributed by atoms with Crippen molar-refractivity contribution in [3.63, 3.8) is 0 Å². The summed E-state index contributed by atoms with van der Waals surface area (Å²) in [6.45, 7) is 0.309. The molecule has 0 radical (unpaired) electrons. The van der Waals surface area contributed by atoms with Crippen molar-refractivity contribution < 1.29 is 4.92 Å². The van der Waals surface area contributed by atoms with Gasteiger partial charge in [-0.1, -0.05) is 23.2 Å². The highest BCUT2D eigenvalue weighted by atomic mass is 35.5. The summed E-state index contributed by atoms with van der Waals surface area (Å²) < 4.78 is 3.15. The predicted octanol–water partition coefficient (Wildman–Crippen LogP) is 2.79. The summed E-state index contributed by atoms with van der Waals surface area (Å²) in [6.07, 6.45) is 5.98. The summed E-state index contributed by atoms with van der Waals surface area (Å²) in [5.41, 5.74) is 1.19. The number of halogens is 2. The maximum absolute atomic E-state index is 10.6. The van der Waals surface area contributed by atoms with Gasteiger partial charge in [0.25, 0.3) is 0 Å². The Morgan fingerprint density at radius 1 is 1.30 bits per heavy atom. The van der Waals surface area contributed by atoms with Crippen molar-refractivity contribution in [3.8, 4) is 0 Å². The fourth-order valence-electron chi connectivity index (χ4n) is 1.85. The Hall–Kier alpha value is -2.12. The number of nitrogens with zero attached hydrogens (tertiary/aromatic N) is 5. The topological polar surface area (TPSA) is 78.3 Å². The van der Waals surface area contributed by atoms with Crippen LogP contribution in [0.15, 0.2) is 30.9 Å². The van der Waals surface area contributed by atoms with Crippen LogP contribution < -0.4 is 0 Å². The minimum absolute atomic E-state index is 0.0603. The quantitative estimate of drug-likeness (QED) is 0.550. The highest BCUT2D eigenvalue weighted by Gasteiger charge is 2.11. The Morgan fingerprint density at radius 3 is 2.80 bits per heavy atom. The van der Waals surface area contributed by atoms with Crippen LogP contribution in [-0.4, -0.2) is 24.1 Å². The molecule has 0 saturated carbocycles. The van der Waals surface area contributed by atoms with Crippen molar-refractivity contribution in [2.75, 3.05) is 0 Å². The summed E-state index contributed by atoms with van der Waals surface area (Å²) >= 11 is 12.0. The molecule has 3 heterocycles. The lowest BCUT2D eigenvalue weighted by molar-refractivity contribution is -0.385. The number of hydrogen-bond donors (Lipinski definition) is 0. The Morgan fingerprint density at radius 2 is 2.10 bits per heavy atom. The van der Waals surface area contributed by atoms with Crippen molar-refractivity contribution in [1.82, 2.24) is 19.2 Å². The van der Waals surface area contributed by atoms with E-state index in [-0.39, 0.29) is 5.69 Å². The van der Waals surface area contributed by atoms with Crippen LogP contribution in [0.2, 0.25) is 10.0 Å². The normalized spacial score (nSPS) is 11.1. The number of pyridine rings is 1. The Kier molecular flexibility index (Phi) is 3.07. The van der Waals surface area contributed by atoms with E-state index in [1.807, 2.05) is 0 Å². The van der Waals surface area contributed by atoms with Gasteiger partial charge in [-0.15, -0.1) is 0 Å². The highest BCUT2D eigenvalue weighted by molar-refractivity contribution is 6.36. The van der Waals surface area contributed by atoms with Gasteiger partial charge < -0.3 is 4.40 Å². The van der Waals surface area contributed by atoms with Crippen LogP contribution in [0.4, 0.5) is 5.69 Å². The monoisotopic (exact) mass is 311 g/mol. The van der Waals surface area contributed by atoms with E-state index in [0.29, 0.717) is 27.9 Å². The van der Waals surface area contributed by atoms with Gasteiger partial charge in [-0.05, 0) is 6.07 Å². The molecule has 0 spiro atoms. The van der Waals surface area contributed by atoms with E-state index in [1.54, 1.807) is 22.9 Å². The van der Waals surface area contributed by atoms with Gasteiger partial charge in [0.2, 0.25) is 0 Å². The summed E-state index contributed by atoms with van der Waals surface area (Å²) in [4.78, 5) is 14.4. The fourth-order valence-corrected chi connectivity index (χ4v) is 2.38. The Labute approximate surface area is 122 Å². The second-order valence-electron chi connectivity index (χ2n) is 4.12. The molecule has 0 N–H and O–H groups in total. The van der Waals surface area contributed by atoms with Gasteiger partial charge in [0.15, 0.2) is 5.65 Å². The number of nitro groups is 1. The van der Waals surface area contributed by atoms with Gasteiger partial charge in [0.1, 0.15) is 12.4 Å². The summed E-state index contributed by atoms with van der Waals surface area (Å²) in [6, 6.07) is 1.61. The minimum Gasteiger partial charge on any atom is -0.304 e. The molecule has 0 aliphatic rings. The fraction of sp³-hybridized carbons (Fsp3) is 0.0909. The van der Waals surface area contributed by atoms with Crippen LogP contribution >= 0.6 is 23.2 Å². The lowest BCUT2D eigenvalue weighted by Gasteiger charge is -1.95. The largest absolute Gasteiger partial charge is 0.307 e. The predicted molar refractivity (Wildman–Crippen MR) is 73.2 cm³/mol. The van der Waals surface area contributed by atoms with E-state index in [1.165, 1.54) is 17.1 Å². The maximum atomic E-state index is 10.6. The van der Waals surface area contributed by atoms with E-state index < -0.39 is 4.92 Å². The summed E-state index contributed by atoms with van der Waals surface area (Å²) in [7, 11) is 0. The zero-order chi connectivity index (χ0) is 14.3. The van der Waals surface area contributed by atoms with Gasteiger partial charge >= 0.3 is 5.69 Å². The third-order valence-corrected chi connectivity index (χ3v) is 3.16. The van der Waals surface area contributed by atoms with Crippen molar-refractivity contribution >= 4 is 34.5 Å². The average molecular weight is 312 g/mol. The van der Waals surface area contributed by atoms with Crippen molar-refractivity contribution in [2.45, 2.75) is 6.54 Å². The van der Waals surface area contributed by atoms with E-state index in [2.05, 4.69) is 10.1 Å². The Balaban J connectivity index is 1.94. The van der Waals surface area contributed by atoms with Gasteiger partial charge in [-0.3, -0.25) is 14.8 Å². The first-order valence-corrected chi connectivity index (χ1v) is 6.28. The molecule has 0 saturated heterocycles. The first kappa shape index (κ1) is 12.9. The molecule has 0 aromatic carbocycles. The minimum atomic E-state index is -0.496. The first-order chi connectivity index (χ1) is 9.52. The van der Waals surface area contributed by atoms with Crippen LogP contribution in [0.1, 0.15) is 5.69 Å². The van der Waals surface area contributed by atoms with E-state index in [9.17, 15) is 10.1 Å². The third kappa shape index (κ3) is 2.33. The van der Waals surface area contributed by atoms with Gasteiger partial charge in [0, 0.05) is 12.4 Å². The van der Waals surface area contributed by atoms with Crippen LogP contribution in [-0.2, 0) is 6.54 Å². The average Bonchev–Trinajstić information content (AvgIpc) is 2.96. The van der Waals surface area contributed by atoms with Crippen LogP contribution in [0.3, 0.4) is 0 Å². The van der Waals surface area contributed by atoms with Crippen molar-refractivity contribution in [2.24, 2.45) is 0 Å². The number of rotatable bonds is 3. The maximum Gasteiger partial charge on any atom is 0.307 e. The van der Waals surface area contributed by atoms with Crippen LogP contribution in [0.25, 0.3) is 5.65 Å².